The van der Waals surface area contributed by atoms with Crippen LogP contribution in [-0.4, -0.2) is 36.9 Å². The fourth-order valence-electron chi connectivity index (χ4n) is 3.09. The smallest absolute Gasteiger partial charge is 0.196 e. The number of para-hydroxylation sites is 1. The molecule has 0 aromatic heterocycles. The average molecular weight is 448 g/mol. The van der Waals surface area contributed by atoms with Crippen LogP contribution in [0.2, 0.25) is 0 Å². The Bertz CT molecular complexity index is 667. The molecule has 0 radical (unpaired) electrons. The number of carbonyl (C=O) groups excluding carboxylic acids is 1. The number of hydrogen-bond acceptors (Lipinski definition) is 3. The molecule has 2 aromatic rings. The van der Waals surface area contributed by atoms with Crippen LogP contribution < -0.4 is 4.74 Å². The molecule has 4 heteroatoms. The van der Waals surface area contributed by atoms with Crippen LogP contribution in [0, 0.1) is 0 Å². The number of benzene rings is 2. The summed E-state index contributed by atoms with van der Waals surface area (Å²) < 4.78 is 5.99. The summed E-state index contributed by atoms with van der Waals surface area (Å²) >= 11 is 0. The Morgan fingerprint density at radius 2 is 1.39 bits per heavy atom. The summed E-state index contributed by atoms with van der Waals surface area (Å²) in [5, 5.41) is 0. The van der Waals surface area contributed by atoms with Crippen LogP contribution in [0.4, 0.5) is 0 Å². The van der Waals surface area contributed by atoms with Crippen molar-refractivity contribution >= 4 is 22.8 Å². The van der Waals surface area contributed by atoms with Crippen molar-refractivity contribution in [3.8, 4) is 5.75 Å². The average Bonchev–Trinajstić information content (AvgIpc) is 2.73. The molecular formula is C24H34BrNO2. The number of ketones is 1. The summed E-state index contributed by atoms with van der Waals surface area (Å²) in [7, 11) is 0. The highest BCUT2D eigenvalue weighted by atomic mass is 79.9. The first kappa shape index (κ1) is 24.4. The van der Waals surface area contributed by atoms with Crippen LogP contribution in [0.15, 0.2) is 54.6 Å². The zero-order chi connectivity index (χ0) is 19.3. The van der Waals surface area contributed by atoms with Gasteiger partial charge in [-0.15, -0.1) is 17.0 Å². The third-order valence-corrected chi connectivity index (χ3v) is 4.70. The lowest BCUT2D eigenvalue weighted by atomic mass is 10.0. The first-order valence-electron chi connectivity index (χ1n) is 10.3. The number of unbranched alkanes of at least 4 members (excludes halogenated alkanes) is 2. The van der Waals surface area contributed by atoms with Gasteiger partial charge >= 0.3 is 0 Å². The topological polar surface area (TPSA) is 29.5 Å². The lowest BCUT2D eigenvalue weighted by Gasteiger charge is -2.22. The van der Waals surface area contributed by atoms with Crippen molar-refractivity contribution in [3.63, 3.8) is 0 Å². The van der Waals surface area contributed by atoms with E-state index < -0.39 is 0 Å². The van der Waals surface area contributed by atoms with Crippen molar-refractivity contribution in [1.29, 1.82) is 0 Å². The first-order chi connectivity index (χ1) is 13.3. The molecule has 28 heavy (non-hydrogen) atoms. The van der Waals surface area contributed by atoms with E-state index in [1.165, 1.54) is 38.8 Å². The molecule has 0 saturated heterocycles. The third kappa shape index (κ3) is 8.15. The maximum Gasteiger partial charge on any atom is 0.196 e. The predicted molar refractivity (Wildman–Crippen MR) is 123 cm³/mol. The molecule has 0 atom stereocenters. The second-order valence-corrected chi connectivity index (χ2v) is 6.94. The van der Waals surface area contributed by atoms with E-state index in [0.29, 0.717) is 23.5 Å². The SMILES string of the molecule is Br.CCCCN(CCCC)CCCOc1ccccc1C(=O)c1ccccc1. The van der Waals surface area contributed by atoms with E-state index in [4.69, 9.17) is 4.74 Å². The quantitative estimate of drug-likeness (QED) is 0.271. The molecule has 0 saturated carbocycles. The molecule has 154 valence electrons. The van der Waals surface area contributed by atoms with Crippen LogP contribution in [-0.2, 0) is 0 Å². The highest BCUT2D eigenvalue weighted by Crippen LogP contribution is 2.21. The van der Waals surface area contributed by atoms with Gasteiger partial charge in [-0.2, -0.15) is 0 Å². The molecule has 0 heterocycles. The van der Waals surface area contributed by atoms with Crippen LogP contribution in [0.25, 0.3) is 0 Å². The Hall–Kier alpha value is -1.65. The van der Waals surface area contributed by atoms with Gasteiger partial charge in [0, 0.05) is 12.1 Å². The molecular weight excluding hydrogens is 414 g/mol. The van der Waals surface area contributed by atoms with Crippen molar-refractivity contribution in [2.45, 2.75) is 46.0 Å². The van der Waals surface area contributed by atoms with Gasteiger partial charge in [0.15, 0.2) is 5.78 Å². The number of halogens is 1. The van der Waals surface area contributed by atoms with E-state index >= 15 is 0 Å². The van der Waals surface area contributed by atoms with Gasteiger partial charge in [-0.3, -0.25) is 4.79 Å². The highest BCUT2D eigenvalue weighted by Gasteiger charge is 2.14. The van der Waals surface area contributed by atoms with E-state index in [9.17, 15) is 4.79 Å². The van der Waals surface area contributed by atoms with Gasteiger partial charge < -0.3 is 9.64 Å². The van der Waals surface area contributed by atoms with Gasteiger partial charge in [-0.05, 0) is 44.5 Å². The summed E-state index contributed by atoms with van der Waals surface area (Å²) in [6.45, 7) is 8.49. The standard InChI is InChI=1S/C24H33NO2.BrH/c1-3-5-17-25(18-6-4-2)19-12-20-27-23-16-11-10-15-22(23)24(26)21-13-8-7-9-14-21;/h7-11,13-16H,3-6,12,17-20H2,1-2H3;1H. The molecule has 2 rings (SSSR count). The number of rotatable bonds is 13. The molecule has 0 bridgehead atoms. The van der Waals surface area contributed by atoms with Crippen molar-refractivity contribution in [2.75, 3.05) is 26.2 Å². The van der Waals surface area contributed by atoms with E-state index in [1.807, 2.05) is 54.6 Å². The Morgan fingerprint density at radius 1 is 0.821 bits per heavy atom. The number of hydrogen-bond donors (Lipinski definition) is 0. The second-order valence-electron chi connectivity index (χ2n) is 6.94. The molecule has 0 unspecified atom stereocenters. The van der Waals surface area contributed by atoms with Gasteiger partial charge in [-0.25, -0.2) is 0 Å². The Balaban J connectivity index is 0.00000392. The summed E-state index contributed by atoms with van der Waals surface area (Å²) in [4.78, 5) is 15.3. The zero-order valence-electron chi connectivity index (χ0n) is 17.2. The van der Waals surface area contributed by atoms with E-state index in [1.54, 1.807) is 0 Å². The second kappa shape index (κ2) is 14.4. The normalized spacial score (nSPS) is 10.5. The van der Waals surface area contributed by atoms with Crippen LogP contribution in [0.5, 0.6) is 5.75 Å². The molecule has 0 aliphatic heterocycles. The predicted octanol–water partition coefficient (Wildman–Crippen LogP) is 6.17. The third-order valence-electron chi connectivity index (χ3n) is 4.70. The number of nitrogens with zero attached hydrogens (tertiary/aromatic N) is 1. The lowest BCUT2D eigenvalue weighted by molar-refractivity contribution is 0.103. The lowest BCUT2D eigenvalue weighted by Crippen LogP contribution is -2.28. The number of carbonyl (C=O) groups is 1. The molecule has 0 amide bonds. The Morgan fingerprint density at radius 3 is 2.04 bits per heavy atom. The fraction of sp³-hybridized carbons (Fsp3) is 0.458. The highest BCUT2D eigenvalue weighted by molar-refractivity contribution is 8.93. The zero-order valence-corrected chi connectivity index (χ0v) is 18.9. The molecule has 0 aliphatic carbocycles. The summed E-state index contributed by atoms with van der Waals surface area (Å²) in [5.74, 6) is 0.693. The van der Waals surface area contributed by atoms with Gasteiger partial charge in [0.25, 0.3) is 0 Å². The molecule has 3 nitrogen and oxygen atoms in total. The summed E-state index contributed by atoms with van der Waals surface area (Å²) in [6, 6.07) is 16.9. The van der Waals surface area contributed by atoms with Crippen LogP contribution in [0.1, 0.15) is 61.9 Å². The van der Waals surface area contributed by atoms with Gasteiger partial charge in [0.05, 0.1) is 12.2 Å². The summed E-state index contributed by atoms with van der Waals surface area (Å²) in [5.41, 5.74) is 1.33. The minimum absolute atomic E-state index is 0. The first-order valence-corrected chi connectivity index (χ1v) is 10.3. The molecule has 0 aliphatic rings. The van der Waals surface area contributed by atoms with Crippen molar-refractivity contribution < 1.29 is 9.53 Å². The van der Waals surface area contributed by atoms with Gasteiger partial charge in [0.1, 0.15) is 5.75 Å². The van der Waals surface area contributed by atoms with Crippen molar-refractivity contribution in [1.82, 2.24) is 4.90 Å². The van der Waals surface area contributed by atoms with E-state index in [0.717, 1.165) is 13.0 Å². The van der Waals surface area contributed by atoms with Gasteiger partial charge in [-0.1, -0.05) is 69.2 Å². The summed E-state index contributed by atoms with van der Waals surface area (Å²) in [6.07, 6.45) is 5.93. The monoisotopic (exact) mass is 447 g/mol. The maximum atomic E-state index is 12.8. The van der Waals surface area contributed by atoms with Gasteiger partial charge in [0.2, 0.25) is 0 Å². The molecule has 0 fully saturated rings. The Labute approximate surface area is 180 Å². The Kier molecular flexibility index (Phi) is 12.5. The maximum absolute atomic E-state index is 12.8. The largest absolute Gasteiger partial charge is 0.493 e. The van der Waals surface area contributed by atoms with Crippen molar-refractivity contribution in [3.05, 3.63) is 65.7 Å². The van der Waals surface area contributed by atoms with E-state index in [2.05, 4.69) is 18.7 Å². The van der Waals surface area contributed by atoms with E-state index in [-0.39, 0.29) is 22.8 Å². The minimum Gasteiger partial charge on any atom is -0.493 e. The fourth-order valence-corrected chi connectivity index (χ4v) is 3.09. The van der Waals surface area contributed by atoms with Crippen molar-refractivity contribution in [2.24, 2.45) is 0 Å². The molecule has 0 N–H and O–H groups in total. The number of ether oxygens (including phenoxy) is 1. The minimum atomic E-state index is 0. The van der Waals surface area contributed by atoms with Crippen LogP contribution >= 0.6 is 17.0 Å². The van der Waals surface area contributed by atoms with Crippen LogP contribution in [0.3, 0.4) is 0 Å². The molecule has 0 spiro atoms. The molecule has 2 aromatic carbocycles.